The monoisotopic (exact) mass is 337 g/mol. The highest BCUT2D eigenvalue weighted by Gasteiger charge is 2.17. The number of carboxylic acids is 1. The first-order valence-electron chi connectivity index (χ1n) is 5.10. The Kier molecular flexibility index (Phi) is 5.28. The molecule has 0 bridgehead atoms. The second-order valence-electron chi connectivity index (χ2n) is 3.88. The molecule has 0 aliphatic rings. The van der Waals surface area contributed by atoms with E-state index in [-0.39, 0.29) is 21.8 Å². The Morgan fingerprint density at radius 2 is 2.22 bits per heavy atom. The number of nitrogens with one attached hydrogen (secondary N) is 1. The molecule has 100 valence electrons. The molecule has 2 atom stereocenters. The van der Waals surface area contributed by atoms with Gasteiger partial charge in [-0.05, 0) is 35.0 Å². The Bertz CT molecular complexity index is 495. The van der Waals surface area contributed by atoms with Gasteiger partial charge in [-0.15, -0.1) is 0 Å². The van der Waals surface area contributed by atoms with Gasteiger partial charge >= 0.3 is 5.97 Å². The Labute approximate surface area is 115 Å². The summed E-state index contributed by atoms with van der Waals surface area (Å²) in [6.07, 6.45) is 1.57. The minimum atomic E-state index is -1.20. The summed E-state index contributed by atoms with van der Waals surface area (Å²) in [7, 11) is -0.984. The van der Waals surface area contributed by atoms with Gasteiger partial charge in [-0.2, -0.15) is 0 Å². The molecule has 7 heteroatoms. The topological polar surface area (TPSA) is 66.4 Å². The van der Waals surface area contributed by atoms with Gasteiger partial charge in [0.05, 0.1) is 15.7 Å². The average molecular weight is 338 g/mol. The van der Waals surface area contributed by atoms with Crippen molar-refractivity contribution >= 4 is 38.4 Å². The second-order valence-corrected chi connectivity index (χ2v) is 6.15. The first kappa shape index (κ1) is 15.1. The van der Waals surface area contributed by atoms with Gasteiger partial charge in [0, 0.05) is 28.9 Å². The molecule has 0 amide bonds. The number of halogens is 2. The van der Waals surface area contributed by atoms with Crippen LogP contribution in [0.15, 0.2) is 16.6 Å². The molecule has 1 rings (SSSR count). The molecule has 1 aromatic carbocycles. The number of carboxylic acid groups (broad SMARTS) is 1. The van der Waals surface area contributed by atoms with Gasteiger partial charge in [-0.25, -0.2) is 9.18 Å². The van der Waals surface area contributed by atoms with Crippen molar-refractivity contribution in [2.24, 2.45) is 0 Å². The molecule has 0 spiro atoms. The minimum Gasteiger partial charge on any atom is -0.478 e. The normalized spacial score (nSPS) is 14.0. The third-order valence-corrected chi connectivity index (χ3v) is 3.94. The van der Waals surface area contributed by atoms with E-state index in [9.17, 15) is 13.4 Å². The molecule has 0 aromatic heterocycles. The number of rotatable bonds is 5. The van der Waals surface area contributed by atoms with E-state index in [1.54, 1.807) is 13.2 Å². The summed E-state index contributed by atoms with van der Waals surface area (Å²) >= 11 is 2.92. The summed E-state index contributed by atoms with van der Waals surface area (Å²) in [6.45, 7) is 1.78. The SMILES string of the molecule is CC(CS(C)=O)Nc1ccc(C(=O)O)c(Br)c1F. The summed E-state index contributed by atoms with van der Waals surface area (Å²) < 4.78 is 24.8. The maximum absolute atomic E-state index is 13.9. The van der Waals surface area contributed by atoms with Gasteiger partial charge in [0.15, 0.2) is 5.82 Å². The zero-order chi connectivity index (χ0) is 13.9. The molecule has 4 nitrogen and oxygen atoms in total. The number of carbonyl (C=O) groups is 1. The van der Waals surface area contributed by atoms with Gasteiger partial charge in [0.1, 0.15) is 0 Å². The van der Waals surface area contributed by atoms with Crippen molar-refractivity contribution in [3.8, 4) is 0 Å². The predicted molar refractivity (Wildman–Crippen MR) is 73.1 cm³/mol. The Hall–Kier alpha value is -0.950. The number of anilines is 1. The van der Waals surface area contributed by atoms with Crippen LogP contribution >= 0.6 is 15.9 Å². The van der Waals surface area contributed by atoms with Crippen molar-refractivity contribution in [1.29, 1.82) is 0 Å². The van der Waals surface area contributed by atoms with Crippen molar-refractivity contribution in [3.63, 3.8) is 0 Å². The highest BCUT2D eigenvalue weighted by atomic mass is 79.9. The molecule has 0 saturated carbocycles. The number of benzene rings is 1. The zero-order valence-electron chi connectivity index (χ0n) is 9.87. The number of hydrogen-bond donors (Lipinski definition) is 2. The van der Waals surface area contributed by atoms with E-state index in [4.69, 9.17) is 5.11 Å². The molecule has 0 aliphatic heterocycles. The molecular formula is C11H13BrFNO3S. The molecule has 0 heterocycles. The molecule has 0 aliphatic carbocycles. The van der Waals surface area contributed by atoms with E-state index in [2.05, 4.69) is 21.2 Å². The summed E-state index contributed by atoms with van der Waals surface area (Å²) in [5.74, 6) is -1.48. The predicted octanol–water partition coefficient (Wildman–Crippen LogP) is 2.47. The highest BCUT2D eigenvalue weighted by molar-refractivity contribution is 9.10. The third kappa shape index (κ3) is 3.78. The fourth-order valence-electron chi connectivity index (χ4n) is 1.49. The van der Waals surface area contributed by atoms with E-state index >= 15 is 0 Å². The lowest BCUT2D eigenvalue weighted by molar-refractivity contribution is 0.0695. The second kappa shape index (κ2) is 6.29. The first-order valence-corrected chi connectivity index (χ1v) is 7.62. The van der Waals surface area contributed by atoms with Gasteiger partial charge in [-0.1, -0.05) is 0 Å². The Balaban J connectivity index is 2.95. The lowest BCUT2D eigenvalue weighted by atomic mass is 10.2. The van der Waals surface area contributed by atoms with Crippen LogP contribution in [0.25, 0.3) is 0 Å². The molecule has 2 unspecified atom stereocenters. The van der Waals surface area contributed by atoms with Gasteiger partial charge < -0.3 is 10.4 Å². The molecule has 18 heavy (non-hydrogen) atoms. The van der Waals surface area contributed by atoms with E-state index in [0.717, 1.165) is 0 Å². The van der Waals surface area contributed by atoms with Crippen LogP contribution in [-0.4, -0.2) is 33.3 Å². The maximum Gasteiger partial charge on any atom is 0.336 e. The standard InChI is InChI=1S/C11H13BrFNO3S/c1-6(5-18(2)17)14-8-4-3-7(11(15)16)9(12)10(8)13/h3-4,6,14H,5H2,1-2H3,(H,15,16). The molecule has 0 fully saturated rings. The van der Waals surface area contributed by atoms with Gasteiger partial charge in [0.25, 0.3) is 0 Å². The van der Waals surface area contributed by atoms with Crippen molar-refractivity contribution < 1.29 is 18.5 Å². The molecule has 1 aromatic rings. The van der Waals surface area contributed by atoms with Crippen molar-refractivity contribution in [1.82, 2.24) is 0 Å². The van der Waals surface area contributed by atoms with E-state index in [1.807, 2.05) is 0 Å². The van der Waals surface area contributed by atoms with Crippen LogP contribution in [0.4, 0.5) is 10.1 Å². The van der Waals surface area contributed by atoms with E-state index in [1.165, 1.54) is 12.1 Å². The highest BCUT2D eigenvalue weighted by Crippen LogP contribution is 2.27. The Morgan fingerprint density at radius 1 is 1.61 bits per heavy atom. The van der Waals surface area contributed by atoms with Crippen LogP contribution in [-0.2, 0) is 10.8 Å². The van der Waals surface area contributed by atoms with E-state index in [0.29, 0.717) is 5.75 Å². The quantitative estimate of drug-likeness (QED) is 0.866. The first-order chi connectivity index (χ1) is 8.32. The lowest BCUT2D eigenvalue weighted by Crippen LogP contribution is -2.23. The summed E-state index contributed by atoms with van der Waals surface area (Å²) in [5.41, 5.74) is 0.0506. The van der Waals surface area contributed by atoms with Crippen molar-refractivity contribution in [2.75, 3.05) is 17.3 Å². The Morgan fingerprint density at radius 3 is 2.72 bits per heavy atom. The van der Waals surface area contributed by atoms with Crippen molar-refractivity contribution in [3.05, 3.63) is 28.0 Å². The fraction of sp³-hybridized carbons (Fsp3) is 0.364. The van der Waals surface area contributed by atoms with Crippen LogP contribution < -0.4 is 5.32 Å². The molecule has 2 N–H and O–H groups in total. The van der Waals surface area contributed by atoms with Crippen LogP contribution in [0.1, 0.15) is 17.3 Å². The summed E-state index contributed by atoms with van der Waals surface area (Å²) in [6, 6.07) is 2.50. The van der Waals surface area contributed by atoms with Crippen LogP contribution in [0.2, 0.25) is 0 Å². The van der Waals surface area contributed by atoms with Crippen LogP contribution in [0.5, 0.6) is 0 Å². The van der Waals surface area contributed by atoms with E-state index < -0.39 is 22.6 Å². The third-order valence-electron chi connectivity index (χ3n) is 2.20. The maximum atomic E-state index is 13.9. The lowest BCUT2D eigenvalue weighted by Gasteiger charge is -2.15. The molecule has 0 radical (unpaired) electrons. The molecular weight excluding hydrogens is 325 g/mol. The van der Waals surface area contributed by atoms with Crippen LogP contribution in [0.3, 0.4) is 0 Å². The van der Waals surface area contributed by atoms with Gasteiger partial charge in [-0.3, -0.25) is 4.21 Å². The van der Waals surface area contributed by atoms with Crippen molar-refractivity contribution in [2.45, 2.75) is 13.0 Å². The molecule has 0 saturated heterocycles. The fourth-order valence-corrected chi connectivity index (χ4v) is 2.79. The number of aromatic carboxylic acids is 1. The summed E-state index contributed by atoms with van der Waals surface area (Å²) in [4.78, 5) is 10.8. The zero-order valence-corrected chi connectivity index (χ0v) is 12.3. The van der Waals surface area contributed by atoms with Gasteiger partial charge in [0.2, 0.25) is 0 Å². The van der Waals surface area contributed by atoms with Crippen LogP contribution in [0, 0.1) is 5.82 Å². The average Bonchev–Trinajstić information content (AvgIpc) is 2.23. The minimum absolute atomic E-state index is 0.0928. The smallest absolute Gasteiger partial charge is 0.336 e. The largest absolute Gasteiger partial charge is 0.478 e. The summed E-state index contributed by atoms with van der Waals surface area (Å²) in [5, 5.41) is 11.7. The number of hydrogen-bond acceptors (Lipinski definition) is 3.